The molecule has 3 nitrogen and oxygen atoms in total. The molecule has 0 amide bonds. The average Bonchev–Trinajstić information content (AvgIpc) is 2.39. The molecule has 2 rings (SSSR count). The first-order valence-corrected chi connectivity index (χ1v) is 7.24. The van der Waals surface area contributed by atoms with E-state index in [0.29, 0.717) is 0 Å². The van der Waals surface area contributed by atoms with Crippen molar-refractivity contribution in [2.45, 2.75) is 38.3 Å². The van der Waals surface area contributed by atoms with Crippen LogP contribution in [0.25, 0.3) is 0 Å². The van der Waals surface area contributed by atoms with Gasteiger partial charge in [0.25, 0.3) is 0 Å². The summed E-state index contributed by atoms with van der Waals surface area (Å²) in [5.41, 5.74) is 1.55. The number of aryl methyl sites for hydroxylation is 1. The van der Waals surface area contributed by atoms with Crippen LogP contribution in [0.3, 0.4) is 0 Å². The predicted octanol–water partition coefficient (Wildman–Crippen LogP) is 1.66. The fourth-order valence-corrected chi connectivity index (χ4v) is 2.79. The second-order valence-electron chi connectivity index (χ2n) is 6.16. The smallest absolute Gasteiger partial charge is 0.0599 e. The molecule has 1 fully saturated rings. The summed E-state index contributed by atoms with van der Waals surface area (Å²) in [5.74, 6) is 0. The van der Waals surface area contributed by atoms with Gasteiger partial charge in [-0.2, -0.15) is 0 Å². The van der Waals surface area contributed by atoms with Crippen molar-refractivity contribution in [1.29, 1.82) is 0 Å². The Bertz CT molecular complexity index is 378. The number of aliphatic hydroxyl groups is 1. The number of aliphatic hydroxyl groups excluding tert-OH is 1. The molecule has 2 N–H and O–H groups in total. The minimum atomic E-state index is 0.151. The Morgan fingerprint density at radius 1 is 1.32 bits per heavy atom. The molecule has 0 aromatic heterocycles. The van der Waals surface area contributed by atoms with Crippen LogP contribution in [0.1, 0.15) is 25.8 Å². The Morgan fingerprint density at radius 3 is 2.74 bits per heavy atom. The average molecular weight is 262 g/mol. The number of hydrogen-bond acceptors (Lipinski definition) is 3. The monoisotopic (exact) mass is 262 g/mol. The van der Waals surface area contributed by atoms with Gasteiger partial charge in [-0.15, -0.1) is 0 Å². The first kappa shape index (κ1) is 14.5. The summed E-state index contributed by atoms with van der Waals surface area (Å²) in [7, 11) is 0. The van der Waals surface area contributed by atoms with Gasteiger partial charge in [0, 0.05) is 24.7 Å². The number of hydrogen-bond donors (Lipinski definition) is 2. The van der Waals surface area contributed by atoms with Crippen LogP contribution in [0.2, 0.25) is 0 Å². The molecule has 1 aromatic rings. The fourth-order valence-electron chi connectivity index (χ4n) is 2.79. The molecular weight excluding hydrogens is 236 g/mol. The highest BCUT2D eigenvalue weighted by Crippen LogP contribution is 2.16. The van der Waals surface area contributed by atoms with Crippen LogP contribution in [0.4, 0.5) is 0 Å². The van der Waals surface area contributed by atoms with Crippen molar-refractivity contribution in [2.24, 2.45) is 0 Å². The van der Waals surface area contributed by atoms with Gasteiger partial charge in [0.1, 0.15) is 0 Å². The molecule has 3 heteroatoms. The van der Waals surface area contributed by atoms with E-state index in [0.717, 1.165) is 32.5 Å². The van der Waals surface area contributed by atoms with Crippen LogP contribution < -0.4 is 5.32 Å². The maximum Gasteiger partial charge on any atom is 0.0599 e. The zero-order chi connectivity index (χ0) is 13.7. The van der Waals surface area contributed by atoms with Gasteiger partial charge in [-0.05, 0) is 38.8 Å². The van der Waals surface area contributed by atoms with E-state index in [4.69, 9.17) is 0 Å². The van der Waals surface area contributed by atoms with E-state index in [2.05, 4.69) is 54.4 Å². The molecule has 19 heavy (non-hydrogen) atoms. The molecule has 1 unspecified atom stereocenters. The molecule has 0 spiro atoms. The summed E-state index contributed by atoms with van der Waals surface area (Å²) in [5, 5.41) is 13.0. The van der Waals surface area contributed by atoms with E-state index in [-0.39, 0.29) is 18.2 Å². The van der Waals surface area contributed by atoms with Crippen molar-refractivity contribution >= 4 is 0 Å². The summed E-state index contributed by atoms with van der Waals surface area (Å²) in [6.07, 6.45) is 2.26. The van der Waals surface area contributed by atoms with Crippen molar-refractivity contribution in [1.82, 2.24) is 10.2 Å². The second kappa shape index (κ2) is 6.51. The van der Waals surface area contributed by atoms with Gasteiger partial charge in [0.15, 0.2) is 0 Å². The molecule has 1 aliphatic rings. The lowest BCUT2D eigenvalue weighted by molar-refractivity contribution is 0.0564. The third kappa shape index (κ3) is 4.30. The van der Waals surface area contributed by atoms with Crippen molar-refractivity contribution < 1.29 is 5.11 Å². The molecule has 1 saturated heterocycles. The van der Waals surface area contributed by atoms with Crippen LogP contribution in [-0.2, 0) is 6.42 Å². The minimum Gasteiger partial charge on any atom is -0.395 e. The van der Waals surface area contributed by atoms with Crippen LogP contribution in [-0.4, -0.2) is 47.8 Å². The van der Waals surface area contributed by atoms with E-state index in [9.17, 15) is 5.11 Å². The Morgan fingerprint density at radius 2 is 2.05 bits per heavy atom. The van der Waals surface area contributed by atoms with Gasteiger partial charge in [-0.25, -0.2) is 0 Å². The predicted molar refractivity (Wildman–Crippen MR) is 79.3 cm³/mol. The summed E-state index contributed by atoms with van der Waals surface area (Å²) in [6, 6.07) is 10.9. The highest BCUT2D eigenvalue weighted by molar-refractivity contribution is 5.14. The Labute approximate surface area is 116 Å². The van der Waals surface area contributed by atoms with Crippen molar-refractivity contribution in [3.8, 4) is 0 Å². The fraction of sp³-hybridized carbons (Fsp3) is 0.625. The molecule has 0 aliphatic carbocycles. The molecule has 1 aliphatic heterocycles. The van der Waals surface area contributed by atoms with E-state index in [1.165, 1.54) is 5.56 Å². The third-order valence-corrected chi connectivity index (χ3v) is 3.90. The van der Waals surface area contributed by atoms with E-state index in [1.807, 2.05) is 0 Å². The van der Waals surface area contributed by atoms with Crippen molar-refractivity contribution in [3.05, 3.63) is 35.9 Å². The molecular formula is C16H26N2O. The molecule has 1 heterocycles. The Hall–Kier alpha value is -0.900. The maximum atomic E-state index is 9.47. The summed E-state index contributed by atoms with van der Waals surface area (Å²) >= 11 is 0. The third-order valence-electron chi connectivity index (χ3n) is 3.90. The number of nitrogens with one attached hydrogen (secondary N) is 1. The SMILES string of the molecule is CC1(C)CN(CCCc2ccccc2)C(CO)CN1. The largest absolute Gasteiger partial charge is 0.395 e. The zero-order valence-electron chi connectivity index (χ0n) is 12.1. The van der Waals surface area contributed by atoms with Crippen LogP contribution in [0.15, 0.2) is 30.3 Å². The molecule has 0 radical (unpaired) electrons. The molecule has 1 atom stereocenters. The van der Waals surface area contributed by atoms with E-state index >= 15 is 0 Å². The van der Waals surface area contributed by atoms with Gasteiger partial charge in [0.05, 0.1) is 6.61 Å². The summed E-state index contributed by atoms with van der Waals surface area (Å²) in [4.78, 5) is 2.43. The molecule has 1 aromatic carbocycles. The number of benzene rings is 1. The topological polar surface area (TPSA) is 35.5 Å². The molecule has 106 valence electrons. The normalized spacial score (nSPS) is 23.4. The number of nitrogens with zero attached hydrogens (tertiary/aromatic N) is 1. The molecule has 0 bridgehead atoms. The van der Waals surface area contributed by atoms with Crippen molar-refractivity contribution in [2.75, 3.05) is 26.2 Å². The van der Waals surface area contributed by atoms with Crippen LogP contribution >= 0.6 is 0 Å². The lowest BCUT2D eigenvalue weighted by atomic mass is 9.98. The van der Waals surface area contributed by atoms with Crippen molar-refractivity contribution in [3.63, 3.8) is 0 Å². The van der Waals surface area contributed by atoms with Gasteiger partial charge in [-0.3, -0.25) is 4.90 Å². The quantitative estimate of drug-likeness (QED) is 0.847. The zero-order valence-corrected chi connectivity index (χ0v) is 12.1. The number of piperazine rings is 1. The number of rotatable bonds is 5. The van der Waals surface area contributed by atoms with Crippen LogP contribution in [0, 0.1) is 0 Å². The van der Waals surface area contributed by atoms with Crippen LogP contribution in [0.5, 0.6) is 0 Å². The lowest BCUT2D eigenvalue weighted by Crippen LogP contribution is -2.62. The first-order chi connectivity index (χ1) is 9.11. The Balaban J connectivity index is 1.82. The molecule has 0 saturated carbocycles. The first-order valence-electron chi connectivity index (χ1n) is 7.24. The van der Waals surface area contributed by atoms with E-state index in [1.54, 1.807) is 0 Å². The van der Waals surface area contributed by atoms with Gasteiger partial charge < -0.3 is 10.4 Å². The highest BCUT2D eigenvalue weighted by atomic mass is 16.3. The van der Waals surface area contributed by atoms with Gasteiger partial charge >= 0.3 is 0 Å². The second-order valence-corrected chi connectivity index (χ2v) is 6.16. The highest BCUT2D eigenvalue weighted by Gasteiger charge is 2.31. The maximum absolute atomic E-state index is 9.47. The lowest BCUT2D eigenvalue weighted by Gasteiger charge is -2.44. The standard InChI is InChI=1S/C16H26N2O/c1-16(2)13-18(15(12-19)11-17-16)10-6-9-14-7-4-3-5-8-14/h3-5,7-8,15,17,19H,6,9-13H2,1-2H3. The summed E-state index contributed by atoms with van der Waals surface area (Å²) in [6.45, 7) is 7.65. The minimum absolute atomic E-state index is 0.151. The van der Waals surface area contributed by atoms with E-state index < -0.39 is 0 Å². The summed E-state index contributed by atoms with van der Waals surface area (Å²) < 4.78 is 0. The Kier molecular flexibility index (Phi) is 4.97. The van der Waals surface area contributed by atoms with Gasteiger partial charge in [0.2, 0.25) is 0 Å². The van der Waals surface area contributed by atoms with Gasteiger partial charge in [-0.1, -0.05) is 30.3 Å².